The molecule has 2 aromatic rings. The van der Waals surface area contributed by atoms with Crippen molar-refractivity contribution < 1.29 is 23.8 Å². The number of amides is 1. The highest BCUT2D eigenvalue weighted by Crippen LogP contribution is 2.26. The molecule has 2 rings (SSSR count). The van der Waals surface area contributed by atoms with Crippen LogP contribution in [-0.4, -0.2) is 33.9 Å². The van der Waals surface area contributed by atoms with Gasteiger partial charge in [-0.2, -0.15) is 5.10 Å². The summed E-state index contributed by atoms with van der Waals surface area (Å²) in [4.78, 5) is 24.2. The second-order valence-electron chi connectivity index (χ2n) is 6.10. The average molecular weight is 363 g/mol. The first-order chi connectivity index (χ1) is 12.2. The van der Waals surface area contributed by atoms with Crippen molar-refractivity contribution in [1.29, 1.82) is 0 Å². The van der Waals surface area contributed by atoms with Crippen molar-refractivity contribution >= 4 is 11.9 Å². The van der Waals surface area contributed by atoms with Crippen LogP contribution in [0.1, 0.15) is 41.4 Å². The fraction of sp³-hybridized carbons (Fsp3) is 0.389. The van der Waals surface area contributed by atoms with Crippen molar-refractivity contribution in [2.75, 3.05) is 7.11 Å². The summed E-state index contributed by atoms with van der Waals surface area (Å²) in [5.41, 5.74) is 2.40. The molecular weight excluding hydrogens is 341 g/mol. The standard InChI is InChI=1S/C18H22FN3O4/c1-9(15-10(2)21-22(4)11(15)3)17(23)20-16(18(24)25)12-6-7-14(26-5)13(19)8-12/h6-9,16H,1-5H3,(H,20,23)(H,24,25). The van der Waals surface area contributed by atoms with Crippen molar-refractivity contribution in [2.45, 2.75) is 32.7 Å². The number of hydrogen-bond acceptors (Lipinski definition) is 4. The molecule has 8 heteroatoms. The third kappa shape index (κ3) is 3.68. The Labute approximate surface area is 150 Å². The number of nitrogens with zero attached hydrogens (tertiary/aromatic N) is 2. The highest BCUT2D eigenvalue weighted by molar-refractivity contribution is 5.88. The number of nitrogens with one attached hydrogen (secondary N) is 1. The molecule has 0 fully saturated rings. The Morgan fingerprint density at radius 3 is 2.46 bits per heavy atom. The smallest absolute Gasteiger partial charge is 0.330 e. The predicted molar refractivity (Wildman–Crippen MR) is 92.6 cm³/mol. The molecule has 0 saturated heterocycles. The first-order valence-electron chi connectivity index (χ1n) is 8.04. The molecule has 140 valence electrons. The van der Waals surface area contributed by atoms with Crippen LogP contribution in [0.3, 0.4) is 0 Å². The first kappa shape index (κ1) is 19.4. The van der Waals surface area contributed by atoms with Gasteiger partial charge in [-0.3, -0.25) is 9.48 Å². The number of aromatic nitrogens is 2. The summed E-state index contributed by atoms with van der Waals surface area (Å²) >= 11 is 0. The molecule has 2 N–H and O–H groups in total. The molecule has 0 radical (unpaired) electrons. The van der Waals surface area contributed by atoms with Gasteiger partial charge in [0.1, 0.15) is 0 Å². The van der Waals surface area contributed by atoms with Crippen LogP contribution in [0, 0.1) is 19.7 Å². The summed E-state index contributed by atoms with van der Waals surface area (Å²) in [5, 5.41) is 16.2. The van der Waals surface area contributed by atoms with Crippen molar-refractivity contribution in [1.82, 2.24) is 15.1 Å². The van der Waals surface area contributed by atoms with Crippen LogP contribution < -0.4 is 10.1 Å². The fourth-order valence-electron chi connectivity index (χ4n) is 2.96. The van der Waals surface area contributed by atoms with Gasteiger partial charge in [0.05, 0.1) is 18.7 Å². The van der Waals surface area contributed by atoms with Crippen LogP contribution in [0.25, 0.3) is 0 Å². The second kappa shape index (κ2) is 7.55. The number of rotatable bonds is 6. The van der Waals surface area contributed by atoms with E-state index in [0.717, 1.165) is 17.3 Å². The quantitative estimate of drug-likeness (QED) is 0.821. The minimum Gasteiger partial charge on any atom is -0.494 e. The molecule has 0 aliphatic carbocycles. The average Bonchev–Trinajstić information content (AvgIpc) is 2.83. The zero-order chi connectivity index (χ0) is 19.6. The predicted octanol–water partition coefficient (Wildman–Crippen LogP) is 2.23. The number of hydrogen-bond donors (Lipinski definition) is 2. The van der Waals surface area contributed by atoms with Gasteiger partial charge in [-0.05, 0) is 38.5 Å². The van der Waals surface area contributed by atoms with Crippen molar-refractivity contribution in [3.8, 4) is 5.75 Å². The van der Waals surface area contributed by atoms with Crippen LogP contribution in [0.2, 0.25) is 0 Å². The number of aryl methyl sites for hydroxylation is 2. The van der Waals surface area contributed by atoms with Gasteiger partial charge in [0.15, 0.2) is 17.6 Å². The van der Waals surface area contributed by atoms with E-state index < -0.39 is 29.7 Å². The number of halogens is 1. The number of ether oxygens (including phenoxy) is 1. The molecule has 2 unspecified atom stereocenters. The first-order valence-corrected chi connectivity index (χ1v) is 8.04. The van der Waals surface area contributed by atoms with E-state index in [2.05, 4.69) is 10.4 Å². The van der Waals surface area contributed by atoms with E-state index in [1.165, 1.54) is 19.2 Å². The molecule has 1 aromatic heterocycles. The normalized spacial score (nSPS) is 13.2. The van der Waals surface area contributed by atoms with E-state index in [0.29, 0.717) is 5.69 Å². The summed E-state index contributed by atoms with van der Waals surface area (Å²) < 4.78 is 20.4. The molecule has 2 atom stereocenters. The Balaban J connectivity index is 2.28. The van der Waals surface area contributed by atoms with Gasteiger partial charge < -0.3 is 15.2 Å². The van der Waals surface area contributed by atoms with Crippen LogP contribution in [0.4, 0.5) is 4.39 Å². The van der Waals surface area contributed by atoms with E-state index in [1.807, 2.05) is 6.92 Å². The number of carbonyl (C=O) groups is 2. The maximum Gasteiger partial charge on any atom is 0.330 e. The van der Waals surface area contributed by atoms with E-state index in [-0.39, 0.29) is 11.3 Å². The fourth-order valence-corrected chi connectivity index (χ4v) is 2.96. The molecule has 26 heavy (non-hydrogen) atoms. The van der Waals surface area contributed by atoms with Crippen molar-refractivity contribution in [2.24, 2.45) is 7.05 Å². The number of benzene rings is 1. The molecule has 0 bridgehead atoms. The van der Waals surface area contributed by atoms with Gasteiger partial charge in [0.25, 0.3) is 0 Å². The van der Waals surface area contributed by atoms with Crippen LogP contribution >= 0.6 is 0 Å². The topological polar surface area (TPSA) is 93.5 Å². The number of carbonyl (C=O) groups excluding carboxylic acids is 1. The van der Waals surface area contributed by atoms with Crippen LogP contribution in [-0.2, 0) is 16.6 Å². The summed E-state index contributed by atoms with van der Waals surface area (Å²) in [5.74, 6) is -3.06. The van der Waals surface area contributed by atoms with E-state index in [9.17, 15) is 19.1 Å². The summed E-state index contributed by atoms with van der Waals surface area (Å²) in [6, 6.07) is 2.41. The Hall–Kier alpha value is -2.90. The van der Waals surface area contributed by atoms with E-state index >= 15 is 0 Å². The lowest BCUT2D eigenvalue weighted by atomic mass is 9.97. The third-order valence-electron chi connectivity index (χ3n) is 4.43. The van der Waals surface area contributed by atoms with Crippen molar-refractivity contribution in [3.05, 3.63) is 46.5 Å². The zero-order valence-corrected chi connectivity index (χ0v) is 15.3. The monoisotopic (exact) mass is 363 g/mol. The Morgan fingerprint density at radius 2 is 2.00 bits per heavy atom. The highest BCUT2D eigenvalue weighted by atomic mass is 19.1. The Bertz CT molecular complexity index is 847. The summed E-state index contributed by atoms with van der Waals surface area (Å²) in [7, 11) is 3.09. The zero-order valence-electron chi connectivity index (χ0n) is 15.3. The lowest BCUT2D eigenvalue weighted by molar-refractivity contribution is -0.142. The molecule has 1 heterocycles. The number of carboxylic acid groups (broad SMARTS) is 1. The molecular formula is C18H22FN3O4. The number of methoxy groups -OCH3 is 1. The van der Waals surface area contributed by atoms with Crippen molar-refractivity contribution in [3.63, 3.8) is 0 Å². The molecule has 1 amide bonds. The number of carboxylic acids is 1. The Morgan fingerprint density at radius 1 is 1.35 bits per heavy atom. The lowest BCUT2D eigenvalue weighted by Crippen LogP contribution is -2.36. The number of aliphatic carboxylic acids is 1. The molecule has 0 aliphatic rings. The second-order valence-corrected chi connectivity index (χ2v) is 6.10. The van der Waals surface area contributed by atoms with Gasteiger partial charge in [-0.25, -0.2) is 9.18 Å². The van der Waals surface area contributed by atoms with Gasteiger partial charge in [-0.15, -0.1) is 0 Å². The van der Waals surface area contributed by atoms with Gasteiger partial charge in [0.2, 0.25) is 5.91 Å². The highest BCUT2D eigenvalue weighted by Gasteiger charge is 2.28. The third-order valence-corrected chi connectivity index (χ3v) is 4.43. The molecule has 0 spiro atoms. The SMILES string of the molecule is COc1ccc(C(NC(=O)C(C)c2c(C)nn(C)c2C)C(=O)O)cc1F. The lowest BCUT2D eigenvalue weighted by Gasteiger charge is -2.19. The molecule has 0 saturated carbocycles. The Kier molecular flexibility index (Phi) is 5.64. The summed E-state index contributed by atoms with van der Waals surface area (Å²) in [6.45, 7) is 5.31. The van der Waals surface area contributed by atoms with E-state index in [4.69, 9.17) is 4.74 Å². The van der Waals surface area contributed by atoms with E-state index in [1.54, 1.807) is 25.6 Å². The van der Waals surface area contributed by atoms with Crippen LogP contribution in [0.15, 0.2) is 18.2 Å². The summed E-state index contributed by atoms with van der Waals surface area (Å²) in [6.07, 6.45) is 0. The maximum absolute atomic E-state index is 13.9. The molecule has 0 aliphatic heterocycles. The van der Waals surface area contributed by atoms with Crippen LogP contribution in [0.5, 0.6) is 5.75 Å². The molecule has 7 nitrogen and oxygen atoms in total. The largest absolute Gasteiger partial charge is 0.494 e. The minimum absolute atomic E-state index is 0.000747. The van der Waals surface area contributed by atoms with Gasteiger partial charge in [0, 0.05) is 18.3 Å². The van der Waals surface area contributed by atoms with Gasteiger partial charge in [-0.1, -0.05) is 6.07 Å². The molecule has 1 aromatic carbocycles. The minimum atomic E-state index is -1.37. The van der Waals surface area contributed by atoms with Gasteiger partial charge >= 0.3 is 5.97 Å². The maximum atomic E-state index is 13.9.